The van der Waals surface area contributed by atoms with E-state index in [0.29, 0.717) is 11.4 Å². The Labute approximate surface area is 140 Å². The first-order valence-corrected chi connectivity index (χ1v) is 8.12. The van der Waals surface area contributed by atoms with Crippen LogP contribution in [-0.4, -0.2) is 28.7 Å². The molecule has 0 amide bonds. The monoisotopic (exact) mass is 339 g/mol. The second-order valence-electron chi connectivity index (χ2n) is 6.45. The van der Waals surface area contributed by atoms with Gasteiger partial charge in [-0.15, -0.1) is 0 Å². The maximum absolute atomic E-state index is 12.1. The molecule has 2 atom stereocenters. The Morgan fingerprint density at radius 1 is 1.43 bits per heavy atom. The van der Waals surface area contributed by atoms with Gasteiger partial charge < -0.3 is 15.6 Å². The van der Waals surface area contributed by atoms with E-state index in [1.807, 2.05) is 24.3 Å². The lowest BCUT2D eigenvalue weighted by molar-refractivity contribution is -0.152. The smallest absolute Gasteiger partial charge is 0.320 e. The Bertz CT molecular complexity index is 586. The molecule has 1 aromatic rings. The minimum absolute atomic E-state index is 0.129. The van der Waals surface area contributed by atoms with E-state index in [-0.39, 0.29) is 24.7 Å². The van der Waals surface area contributed by atoms with Crippen LogP contribution in [0.4, 0.5) is 0 Å². The summed E-state index contributed by atoms with van der Waals surface area (Å²) in [5.41, 5.74) is 6.11. The van der Waals surface area contributed by atoms with Gasteiger partial charge in [0.1, 0.15) is 11.6 Å². The molecule has 1 fully saturated rings. The lowest BCUT2D eigenvalue weighted by atomic mass is 9.99. The third-order valence-electron chi connectivity index (χ3n) is 4.04. The second-order valence-corrected chi connectivity index (χ2v) is 6.89. The van der Waals surface area contributed by atoms with Gasteiger partial charge in [-0.2, -0.15) is 0 Å². The molecule has 0 aliphatic heterocycles. The highest BCUT2D eigenvalue weighted by Crippen LogP contribution is 2.43. The summed E-state index contributed by atoms with van der Waals surface area (Å²) < 4.78 is 5.64. The zero-order valence-electron chi connectivity index (χ0n) is 13.1. The van der Waals surface area contributed by atoms with Crippen molar-refractivity contribution in [1.82, 2.24) is 0 Å². The number of hydrogen-bond donors (Lipinski definition) is 2. The van der Waals surface area contributed by atoms with Crippen molar-refractivity contribution in [2.24, 2.45) is 11.7 Å². The van der Waals surface area contributed by atoms with E-state index in [1.54, 1.807) is 6.92 Å². The number of carbonyl (C=O) groups excluding carboxylic acids is 1. The number of rotatable bonds is 8. The van der Waals surface area contributed by atoms with Gasteiger partial charge in [0.15, 0.2) is 0 Å². The van der Waals surface area contributed by atoms with Crippen molar-refractivity contribution in [2.75, 3.05) is 0 Å². The van der Waals surface area contributed by atoms with Crippen LogP contribution < -0.4 is 5.73 Å². The number of ether oxygens (including phenoxy) is 1. The van der Waals surface area contributed by atoms with Crippen LogP contribution in [0.2, 0.25) is 5.02 Å². The number of carbonyl (C=O) groups is 2. The van der Waals surface area contributed by atoms with E-state index in [1.165, 1.54) is 0 Å². The zero-order chi connectivity index (χ0) is 17.0. The molecule has 1 aliphatic carbocycles. The van der Waals surface area contributed by atoms with Crippen LogP contribution in [-0.2, 0) is 20.7 Å². The fraction of sp³-hybridized carbons (Fsp3) is 0.529. The lowest BCUT2D eigenvalue weighted by Gasteiger charge is -2.19. The quantitative estimate of drug-likeness (QED) is 0.711. The van der Waals surface area contributed by atoms with Crippen LogP contribution in [0.25, 0.3) is 0 Å². The Hall–Kier alpha value is -1.59. The number of aliphatic carboxylic acids is 1. The van der Waals surface area contributed by atoms with Gasteiger partial charge in [0.05, 0.1) is 0 Å². The van der Waals surface area contributed by atoms with E-state index < -0.39 is 17.6 Å². The topological polar surface area (TPSA) is 89.6 Å². The van der Waals surface area contributed by atoms with E-state index in [9.17, 15) is 9.59 Å². The van der Waals surface area contributed by atoms with E-state index in [0.717, 1.165) is 18.4 Å². The number of esters is 1. The van der Waals surface area contributed by atoms with Gasteiger partial charge in [0.25, 0.3) is 0 Å². The lowest BCUT2D eigenvalue weighted by Crippen LogP contribution is -2.32. The van der Waals surface area contributed by atoms with Crippen molar-refractivity contribution in [1.29, 1.82) is 0 Å². The van der Waals surface area contributed by atoms with Crippen LogP contribution in [0.3, 0.4) is 0 Å². The zero-order valence-corrected chi connectivity index (χ0v) is 13.9. The standard InChI is InChI=1S/C17H22ClNO4/c1-11(7-14(19)16(21)22)8-15(20)23-17(5-6-17)10-12-3-2-4-13(18)9-12/h2-4,9,11,14H,5-8,10,19H2,1H3,(H,21,22)/t11?,14-/m0/s1. The fourth-order valence-electron chi connectivity index (χ4n) is 2.66. The number of nitrogens with two attached hydrogens (primary N) is 1. The van der Waals surface area contributed by atoms with Crippen LogP contribution in [0.5, 0.6) is 0 Å². The van der Waals surface area contributed by atoms with E-state index >= 15 is 0 Å². The highest BCUT2D eigenvalue weighted by molar-refractivity contribution is 6.30. The van der Waals surface area contributed by atoms with Gasteiger partial charge in [-0.05, 0) is 42.9 Å². The molecule has 6 heteroatoms. The van der Waals surface area contributed by atoms with Gasteiger partial charge in [0, 0.05) is 17.9 Å². The van der Waals surface area contributed by atoms with Crippen molar-refractivity contribution in [3.05, 3.63) is 34.9 Å². The molecule has 3 N–H and O–H groups in total. The van der Waals surface area contributed by atoms with Gasteiger partial charge >= 0.3 is 11.9 Å². The third-order valence-corrected chi connectivity index (χ3v) is 4.28. The number of benzene rings is 1. The average molecular weight is 340 g/mol. The molecule has 0 radical (unpaired) electrons. The molecule has 23 heavy (non-hydrogen) atoms. The maximum Gasteiger partial charge on any atom is 0.320 e. The first-order valence-electron chi connectivity index (χ1n) is 7.74. The molecule has 0 saturated heterocycles. The fourth-order valence-corrected chi connectivity index (χ4v) is 2.87. The first-order chi connectivity index (χ1) is 10.8. The molecular weight excluding hydrogens is 318 g/mol. The molecule has 126 valence electrons. The van der Waals surface area contributed by atoms with Gasteiger partial charge in [-0.3, -0.25) is 9.59 Å². The molecule has 0 heterocycles. The second kappa shape index (κ2) is 7.32. The Morgan fingerprint density at radius 3 is 2.70 bits per heavy atom. The molecule has 1 aliphatic rings. The van der Waals surface area contributed by atoms with Crippen LogP contribution in [0.1, 0.15) is 38.2 Å². The highest BCUT2D eigenvalue weighted by Gasteiger charge is 2.46. The number of carboxylic acid groups (broad SMARTS) is 1. The summed E-state index contributed by atoms with van der Waals surface area (Å²) in [6.07, 6.45) is 2.77. The molecular formula is C17H22ClNO4. The van der Waals surface area contributed by atoms with Crippen molar-refractivity contribution >= 4 is 23.5 Å². The minimum atomic E-state index is -1.05. The van der Waals surface area contributed by atoms with E-state index in [4.69, 9.17) is 27.2 Å². The third kappa shape index (κ3) is 5.52. The van der Waals surface area contributed by atoms with Crippen molar-refractivity contribution in [3.8, 4) is 0 Å². The molecule has 5 nitrogen and oxygen atoms in total. The molecule has 0 bridgehead atoms. The number of hydrogen-bond acceptors (Lipinski definition) is 4. The van der Waals surface area contributed by atoms with Crippen molar-refractivity contribution in [3.63, 3.8) is 0 Å². The summed E-state index contributed by atoms with van der Waals surface area (Å²) in [7, 11) is 0. The normalized spacial score (nSPS) is 18.0. The summed E-state index contributed by atoms with van der Waals surface area (Å²) in [4.78, 5) is 22.8. The molecule has 1 saturated carbocycles. The Morgan fingerprint density at radius 2 is 2.13 bits per heavy atom. The summed E-state index contributed by atoms with van der Waals surface area (Å²) in [5.74, 6) is -1.48. The predicted molar refractivity (Wildman–Crippen MR) is 87.2 cm³/mol. The van der Waals surface area contributed by atoms with Crippen LogP contribution >= 0.6 is 11.6 Å². The van der Waals surface area contributed by atoms with Gasteiger partial charge in [-0.25, -0.2) is 0 Å². The molecule has 0 aromatic heterocycles. The molecule has 1 unspecified atom stereocenters. The number of halogens is 1. The summed E-state index contributed by atoms with van der Waals surface area (Å²) >= 11 is 5.98. The van der Waals surface area contributed by atoms with Gasteiger partial charge in [-0.1, -0.05) is 30.7 Å². The number of carboxylic acids is 1. The van der Waals surface area contributed by atoms with Gasteiger partial charge in [0.2, 0.25) is 0 Å². The van der Waals surface area contributed by atoms with E-state index in [2.05, 4.69) is 0 Å². The average Bonchev–Trinajstić information content (AvgIpc) is 3.17. The van der Waals surface area contributed by atoms with Crippen molar-refractivity contribution in [2.45, 2.75) is 50.7 Å². The molecule has 2 rings (SSSR count). The summed E-state index contributed by atoms with van der Waals surface area (Å²) in [6, 6.07) is 6.59. The van der Waals surface area contributed by atoms with Crippen LogP contribution in [0.15, 0.2) is 24.3 Å². The molecule has 0 spiro atoms. The summed E-state index contributed by atoms with van der Waals surface area (Å²) in [6.45, 7) is 1.81. The maximum atomic E-state index is 12.1. The minimum Gasteiger partial charge on any atom is -0.480 e. The first kappa shape index (κ1) is 17.8. The Balaban J connectivity index is 1.83. The van der Waals surface area contributed by atoms with Crippen molar-refractivity contribution < 1.29 is 19.4 Å². The Kier molecular flexibility index (Phi) is 5.65. The highest BCUT2D eigenvalue weighted by atomic mass is 35.5. The summed E-state index contributed by atoms with van der Waals surface area (Å²) in [5, 5.41) is 9.46. The SMILES string of the molecule is CC(CC(=O)OC1(Cc2cccc(Cl)c2)CC1)C[C@H](N)C(=O)O. The van der Waals surface area contributed by atoms with Crippen LogP contribution in [0, 0.1) is 5.92 Å². The largest absolute Gasteiger partial charge is 0.480 e. The molecule has 1 aromatic carbocycles. The predicted octanol–water partition coefficient (Wildman–Crippen LogP) is 2.79.